The Hall–Kier alpha value is -2.94. The van der Waals surface area contributed by atoms with E-state index in [0.29, 0.717) is 29.1 Å². The molecule has 1 heterocycles. The van der Waals surface area contributed by atoms with Gasteiger partial charge in [0.1, 0.15) is 11.6 Å². The van der Waals surface area contributed by atoms with Crippen LogP contribution < -0.4 is 16.1 Å². The van der Waals surface area contributed by atoms with Gasteiger partial charge < -0.3 is 25.8 Å². The Balaban J connectivity index is 1.61. The first-order valence-electron chi connectivity index (χ1n) is 8.37. The quantitative estimate of drug-likeness (QED) is 0.322. The Morgan fingerprint density at radius 2 is 1.74 bits per heavy atom. The summed E-state index contributed by atoms with van der Waals surface area (Å²) in [6.45, 7) is 0.372. The van der Waals surface area contributed by atoms with E-state index in [4.69, 9.17) is 0 Å². The number of pyridine rings is 1. The van der Waals surface area contributed by atoms with Crippen LogP contribution in [0.3, 0.4) is 0 Å². The van der Waals surface area contributed by atoms with Crippen molar-refractivity contribution in [3.63, 3.8) is 0 Å². The Kier molecular flexibility index (Phi) is 6.03. The molecule has 5 N–H and O–H groups in total. The minimum atomic E-state index is -1.54. The summed E-state index contributed by atoms with van der Waals surface area (Å²) in [5, 5.41) is 35.0. The van der Waals surface area contributed by atoms with Crippen molar-refractivity contribution < 1.29 is 19.5 Å². The van der Waals surface area contributed by atoms with Crippen LogP contribution in [0.25, 0.3) is 0 Å². The number of aliphatic hydroxyl groups excluding tert-OH is 1. The molecule has 8 heteroatoms. The normalized spacial score (nSPS) is 11.7. The molecule has 0 aliphatic heterocycles. The second-order valence-electron chi connectivity index (χ2n) is 5.96. The number of halogens is 1. The van der Waals surface area contributed by atoms with E-state index in [1.54, 1.807) is 30.3 Å². The second-order valence-corrected chi connectivity index (χ2v) is 5.96. The van der Waals surface area contributed by atoms with E-state index < -0.39 is 13.3 Å². The topological polar surface area (TPSA) is 97.6 Å². The summed E-state index contributed by atoms with van der Waals surface area (Å²) in [5.41, 5.74) is 2.32. The van der Waals surface area contributed by atoms with Crippen LogP contribution in [0.2, 0.25) is 0 Å². The highest BCUT2D eigenvalue weighted by Gasteiger charge is 2.15. The zero-order valence-electron chi connectivity index (χ0n) is 14.4. The van der Waals surface area contributed by atoms with Crippen molar-refractivity contribution in [3.05, 3.63) is 83.8 Å². The Bertz CT molecular complexity index is 876. The monoisotopic (exact) mass is 367 g/mol. The number of benzene rings is 2. The number of hydrogen-bond acceptors (Lipinski definition) is 6. The molecule has 0 saturated carbocycles. The van der Waals surface area contributed by atoms with Crippen LogP contribution in [-0.2, 0) is 6.54 Å². The molecule has 138 valence electrons. The van der Waals surface area contributed by atoms with Gasteiger partial charge >= 0.3 is 7.12 Å². The SMILES string of the molecule is OB(O)c1ccccc1CNc1ccc(C(O)Nc2ccc(F)cc2)cn1. The summed E-state index contributed by atoms with van der Waals surface area (Å²) in [7, 11) is -1.54. The molecule has 0 spiro atoms. The number of anilines is 2. The number of aliphatic hydroxyl groups is 1. The van der Waals surface area contributed by atoms with Crippen LogP contribution in [0.15, 0.2) is 66.9 Å². The average molecular weight is 367 g/mol. The van der Waals surface area contributed by atoms with Crippen molar-refractivity contribution in [1.29, 1.82) is 0 Å². The molecule has 0 radical (unpaired) electrons. The van der Waals surface area contributed by atoms with Crippen LogP contribution in [0.4, 0.5) is 15.9 Å². The van der Waals surface area contributed by atoms with E-state index in [1.807, 2.05) is 6.07 Å². The standard InChI is InChI=1S/C19H19BFN3O3/c21-15-6-8-16(9-7-15)24-19(25)14-5-10-18(23-12-14)22-11-13-3-1-2-4-17(13)20(26)27/h1-10,12,19,24-27H,11H2,(H,22,23). The fraction of sp³-hybridized carbons (Fsp3) is 0.105. The summed E-state index contributed by atoms with van der Waals surface area (Å²) >= 11 is 0. The van der Waals surface area contributed by atoms with Gasteiger partial charge in [0.15, 0.2) is 6.23 Å². The minimum Gasteiger partial charge on any atom is -0.423 e. The number of aromatic nitrogens is 1. The fourth-order valence-corrected chi connectivity index (χ4v) is 2.59. The van der Waals surface area contributed by atoms with Gasteiger partial charge in [-0.3, -0.25) is 0 Å². The maximum atomic E-state index is 12.9. The zero-order chi connectivity index (χ0) is 19.2. The zero-order valence-corrected chi connectivity index (χ0v) is 14.4. The van der Waals surface area contributed by atoms with Crippen molar-refractivity contribution in [2.75, 3.05) is 10.6 Å². The molecule has 1 aromatic heterocycles. The van der Waals surface area contributed by atoms with Crippen LogP contribution in [0.5, 0.6) is 0 Å². The summed E-state index contributed by atoms with van der Waals surface area (Å²) in [4.78, 5) is 4.25. The first-order chi connectivity index (χ1) is 13.0. The van der Waals surface area contributed by atoms with Crippen LogP contribution in [0, 0.1) is 5.82 Å². The Morgan fingerprint density at radius 3 is 2.41 bits per heavy atom. The largest absolute Gasteiger partial charge is 0.488 e. The molecule has 0 amide bonds. The molecule has 1 atom stereocenters. The molecule has 0 bridgehead atoms. The number of nitrogens with zero attached hydrogens (tertiary/aromatic N) is 1. The maximum Gasteiger partial charge on any atom is 0.488 e. The highest BCUT2D eigenvalue weighted by atomic mass is 19.1. The van der Waals surface area contributed by atoms with Crippen molar-refractivity contribution in [1.82, 2.24) is 4.98 Å². The van der Waals surface area contributed by atoms with E-state index in [1.165, 1.54) is 30.5 Å². The van der Waals surface area contributed by atoms with Crippen molar-refractivity contribution in [3.8, 4) is 0 Å². The molecule has 27 heavy (non-hydrogen) atoms. The lowest BCUT2D eigenvalue weighted by molar-refractivity contribution is 0.208. The van der Waals surface area contributed by atoms with E-state index in [-0.39, 0.29) is 5.82 Å². The van der Waals surface area contributed by atoms with Crippen molar-refractivity contribution in [2.45, 2.75) is 12.8 Å². The highest BCUT2D eigenvalue weighted by Crippen LogP contribution is 2.18. The van der Waals surface area contributed by atoms with Crippen LogP contribution >= 0.6 is 0 Å². The van der Waals surface area contributed by atoms with Gasteiger partial charge in [0.25, 0.3) is 0 Å². The van der Waals surface area contributed by atoms with Gasteiger partial charge in [-0.15, -0.1) is 0 Å². The van der Waals surface area contributed by atoms with Crippen LogP contribution in [0.1, 0.15) is 17.4 Å². The van der Waals surface area contributed by atoms with Gasteiger partial charge in [-0.25, -0.2) is 9.37 Å². The van der Waals surface area contributed by atoms with Crippen LogP contribution in [-0.4, -0.2) is 27.3 Å². The predicted octanol–water partition coefficient (Wildman–Crippen LogP) is 1.62. The van der Waals surface area contributed by atoms with E-state index in [0.717, 1.165) is 5.56 Å². The second kappa shape index (κ2) is 8.63. The summed E-state index contributed by atoms with van der Waals surface area (Å²) in [6.07, 6.45) is 0.540. The van der Waals surface area contributed by atoms with Gasteiger partial charge in [0.05, 0.1) is 0 Å². The smallest absolute Gasteiger partial charge is 0.423 e. The molecule has 0 saturated heterocycles. The van der Waals surface area contributed by atoms with Gasteiger partial charge in [-0.1, -0.05) is 24.3 Å². The summed E-state index contributed by atoms with van der Waals surface area (Å²) in [5.74, 6) is 0.234. The first-order valence-corrected chi connectivity index (χ1v) is 8.37. The fourth-order valence-electron chi connectivity index (χ4n) is 2.59. The van der Waals surface area contributed by atoms with Gasteiger partial charge in [0, 0.05) is 24.0 Å². The molecule has 1 unspecified atom stereocenters. The van der Waals surface area contributed by atoms with E-state index in [9.17, 15) is 19.5 Å². The lowest BCUT2D eigenvalue weighted by Crippen LogP contribution is -2.33. The van der Waals surface area contributed by atoms with Crippen molar-refractivity contribution in [2.24, 2.45) is 0 Å². The molecule has 0 fully saturated rings. The Morgan fingerprint density at radius 1 is 1.00 bits per heavy atom. The first kappa shape index (κ1) is 18.8. The number of nitrogens with one attached hydrogen (secondary N) is 2. The van der Waals surface area contributed by atoms with Gasteiger partial charge in [-0.2, -0.15) is 0 Å². The van der Waals surface area contributed by atoms with Gasteiger partial charge in [0.2, 0.25) is 0 Å². The third kappa shape index (κ3) is 5.04. The molecule has 0 aliphatic carbocycles. The lowest BCUT2D eigenvalue weighted by atomic mass is 9.77. The molecule has 3 aromatic rings. The van der Waals surface area contributed by atoms with Gasteiger partial charge in [-0.05, 0) is 47.4 Å². The van der Waals surface area contributed by atoms with E-state index in [2.05, 4.69) is 15.6 Å². The average Bonchev–Trinajstić information content (AvgIpc) is 2.68. The molecule has 0 aliphatic rings. The molecular weight excluding hydrogens is 348 g/mol. The molecule has 3 rings (SSSR count). The highest BCUT2D eigenvalue weighted by molar-refractivity contribution is 6.59. The minimum absolute atomic E-state index is 0.345. The van der Waals surface area contributed by atoms with Crippen molar-refractivity contribution >= 4 is 24.1 Å². The summed E-state index contributed by atoms with van der Waals surface area (Å²) in [6, 6.07) is 16.1. The number of hydrogen-bond donors (Lipinski definition) is 5. The molecule has 6 nitrogen and oxygen atoms in total. The lowest BCUT2D eigenvalue weighted by Gasteiger charge is -2.15. The summed E-state index contributed by atoms with van der Waals surface area (Å²) < 4.78 is 12.9. The maximum absolute atomic E-state index is 12.9. The Labute approximate surface area is 156 Å². The number of rotatable bonds is 7. The third-order valence-corrected chi connectivity index (χ3v) is 4.04. The van der Waals surface area contributed by atoms with E-state index >= 15 is 0 Å². The predicted molar refractivity (Wildman–Crippen MR) is 103 cm³/mol. The third-order valence-electron chi connectivity index (χ3n) is 4.04. The molecule has 2 aromatic carbocycles. The molecular formula is C19H19BFN3O3.